The van der Waals surface area contributed by atoms with Crippen LogP contribution in [0.1, 0.15) is 65.7 Å². The van der Waals surface area contributed by atoms with Gasteiger partial charge in [0, 0.05) is 11.8 Å². The van der Waals surface area contributed by atoms with Crippen LogP contribution in [0.3, 0.4) is 0 Å². The standard InChI is InChI=1S/C25H32F2O10/c1-11(2)20(25(26,27)23(32)33)35-15(29)7-6-14(28)34-18-13-10-12-16(21(30)36-19(12)18)17(13)22(31)37-24(3)8-4-5-9-24/h11-13,16-20H,4-10H2,1-3H3,(H,32,33). The number of carboxylic acids is 1. The highest BCUT2D eigenvalue weighted by molar-refractivity contribution is 5.86. The molecule has 0 aromatic heterocycles. The Labute approximate surface area is 212 Å². The van der Waals surface area contributed by atoms with E-state index in [1.165, 1.54) is 13.8 Å². The molecule has 1 N–H and O–H groups in total. The molecule has 37 heavy (non-hydrogen) atoms. The fourth-order valence-electron chi connectivity index (χ4n) is 6.37. The smallest absolute Gasteiger partial charge is 0.378 e. The Morgan fingerprint density at radius 3 is 2.32 bits per heavy atom. The number of carbonyl (C=O) groups is 5. The van der Waals surface area contributed by atoms with Gasteiger partial charge in [-0.25, -0.2) is 4.79 Å². The van der Waals surface area contributed by atoms with E-state index in [4.69, 9.17) is 19.3 Å². The van der Waals surface area contributed by atoms with Crippen molar-refractivity contribution in [2.24, 2.45) is 29.6 Å². The van der Waals surface area contributed by atoms with Crippen molar-refractivity contribution in [3.05, 3.63) is 0 Å². The highest BCUT2D eigenvalue weighted by Crippen LogP contribution is 2.59. The number of fused-ring (bicyclic) bond motifs is 1. The second-order valence-electron chi connectivity index (χ2n) is 11.1. The van der Waals surface area contributed by atoms with Gasteiger partial charge in [-0.1, -0.05) is 13.8 Å². The molecule has 3 aliphatic carbocycles. The summed E-state index contributed by atoms with van der Waals surface area (Å²) in [5.74, 6) is -12.9. The van der Waals surface area contributed by atoms with Crippen LogP contribution in [-0.2, 0) is 42.9 Å². The van der Waals surface area contributed by atoms with Gasteiger partial charge in [0.2, 0.25) is 0 Å². The lowest BCUT2D eigenvalue weighted by Crippen LogP contribution is -2.47. The number of rotatable bonds is 10. The lowest BCUT2D eigenvalue weighted by Gasteiger charge is -2.33. The van der Waals surface area contributed by atoms with Gasteiger partial charge in [-0.15, -0.1) is 0 Å². The molecular weight excluding hydrogens is 498 g/mol. The first kappa shape index (κ1) is 27.3. The van der Waals surface area contributed by atoms with E-state index in [1.807, 2.05) is 6.92 Å². The summed E-state index contributed by atoms with van der Waals surface area (Å²) in [5, 5.41) is 8.74. The monoisotopic (exact) mass is 530 g/mol. The molecule has 4 rings (SSSR count). The predicted octanol–water partition coefficient (Wildman–Crippen LogP) is 2.65. The molecule has 0 spiro atoms. The van der Waals surface area contributed by atoms with Crippen LogP contribution in [0.15, 0.2) is 0 Å². The number of esters is 4. The first-order chi connectivity index (χ1) is 17.2. The van der Waals surface area contributed by atoms with Crippen LogP contribution >= 0.6 is 0 Å². The summed E-state index contributed by atoms with van der Waals surface area (Å²) in [6.45, 7) is 4.43. The van der Waals surface area contributed by atoms with Gasteiger partial charge < -0.3 is 24.1 Å². The van der Waals surface area contributed by atoms with E-state index >= 15 is 0 Å². The van der Waals surface area contributed by atoms with Crippen LogP contribution in [-0.4, -0.2) is 64.8 Å². The molecule has 10 nitrogen and oxygen atoms in total. The van der Waals surface area contributed by atoms with E-state index in [0.717, 1.165) is 25.7 Å². The number of hydrogen-bond acceptors (Lipinski definition) is 9. The van der Waals surface area contributed by atoms with Gasteiger partial charge in [0.05, 0.1) is 24.7 Å². The number of aliphatic carboxylic acids is 1. The molecule has 12 heteroatoms. The molecular formula is C25H32F2O10. The van der Waals surface area contributed by atoms with Crippen LogP contribution in [0.5, 0.6) is 0 Å². The molecule has 0 aromatic carbocycles. The van der Waals surface area contributed by atoms with Gasteiger partial charge in [-0.05, 0) is 44.9 Å². The lowest BCUT2D eigenvalue weighted by molar-refractivity contribution is -0.199. The molecule has 0 aromatic rings. The molecule has 0 amide bonds. The minimum Gasteiger partial charge on any atom is -0.477 e. The van der Waals surface area contributed by atoms with E-state index in [0.29, 0.717) is 6.42 Å². The van der Waals surface area contributed by atoms with Gasteiger partial charge >= 0.3 is 35.8 Å². The van der Waals surface area contributed by atoms with Crippen LogP contribution in [0.2, 0.25) is 0 Å². The minimum atomic E-state index is -4.30. The fourth-order valence-corrected chi connectivity index (χ4v) is 6.37. The lowest BCUT2D eigenvalue weighted by atomic mass is 9.78. The maximum Gasteiger partial charge on any atom is 0.378 e. The Morgan fingerprint density at radius 1 is 1.11 bits per heavy atom. The largest absolute Gasteiger partial charge is 0.477 e. The third-order valence-corrected chi connectivity index (χ3v) is 8.13. The van der Waals surface area contributed by atoms with Crippen molar-refractivity contribution in [3.63, 3.8) is 0 Å². The quantitative estimate of drug-likeness (QED) is 0.331. The second-order valence-corrected chi connectivity index (χ2v) is 11.1. The van der Waals surface area contributed by atoms with Crippen LogP contribution < -0.4 is 0 Å². The number of alkyl halides is 2. The number of halogens is 2. The summed E-state index contributed by atoms with van der Waals surface area (Å²) in [6, 6.07) is 0. The Bertz CT molecular complexity index is 973. The van der Waals surface area contributed by atoms with Gasteiger partial charge in [-0.3, -0.25) is 19.2 Å². The second kappa shape index (κ2) is 9.83. The average molecular weight is 531 g/mol. The number of ether oxygens (including phenoxy) is 4. The summed E-state index contributed by atoms with van der Waals surface area (Å²) in [4.78, 5) is 61.2. The van der Waals surface area contributed by atoms with E-state index < -0.39 is 96.2 Å². The van der Waals surface area contributed by atoms with E-state index in [9.17, 15) is 32.8 Å². The summed E-state index contributed by atoms with van der Waals surface area (Å²) in [7, 11) is 0. The summed E-state index contributed by atoms with van der Waals surface area (Å²) in [6.07, 6.45) is -1.09. The maximum absolute atomic E-state index is 13.9. The van der Waals surface area contributed by atoms with Crippen molar-refractivity contribution in [1.29, 1.82) is 0 Å². The molecule has 1 aliphatic heterocycles. The van der Waals surface area contributed by atoms with Crippen molar-refractivity contribution in [2.45, 2.75) is 95.6 Å². The molecule has 206 valence electrons. The third kappa shape index (κ3) is 5.03. The summed E-state index contributed by atoms with van der Waals surface area (Å²) in [5.41, 5.74) is -0.585. The van der Waals surface area contributed by atoms with Gasteiger partial charge in [0.15, 0.2) is 6.10 Å². The zero-order valence-electron chi connectivity index (χ0n) is 20.9. The normalized spacial score (nSPS) is 32.2. The minimum absolute atomic E-state index is 0.278. The van der Waals surface area contributed by atoms with E-state index in [1.54, 1.807) is 0 Å². The van der Waals surface area contributed by atoms with E-state index in [2.05, 4.69) is 4.74 Å². The van der Waals surface area contributed by atoms with Crippen molar-refractivity contribution in [3.8, 4) is 0 Å². The van der Waals surface area contributed by atoms with Crippen LogP contribution in [0.4, 0.5) is 8.78 Å². The van der Waals surface area contributed by atoms with Crippen LogP contribution in [0, 0.1) is 29.6 Å². The Morgan fingerprint density at radius 2 is 1.73 bits per heavy atom. The fraction of sp³-hybridized carbons (Fsp3) is 0.800. The molecule has 4 aliphatic rings. The Hall–Kier alpha value is -2.79. The number of carboxylic acid groups (broad SMARTS) is 1. The third-order valence-electron chi connectivity index (χ3n) is 8.13. The zero-order valence-corrected chi connectivity index (χ0v) is 20.9. The molecule has 3 saturated carbocycles. The topological polar surface area (TPSA) is 142 Å². The Balaban J connectivity index is 1.35. The molecule has 1 saturated heterocycles. The number of carbonyl (C=O) groups excluding carboxylic acids is 4. The maximum atomic E-state index is 13.9. The molecule has 0 radical (unpaired) electrons. The SMILES string of the molecule is CC(C)C(OC(=O)CCC(=O)OC1C2CC3C1OC(=O)C3C2C(=O)OC1(C)CCCC1)C(F)(F)C(=O)O. The summed E-state index contributed by atoms with van der Waals surface area (Å²) < 4.78 is 49.3. The van der Waals surface area contributed by atoms with Gasteiger partial charge in [0.25, 0.3) is 0 Å². The molecule has 2 bridgehead atoms. The van der Waals surface area contributed by atoms with Crippen LogP contribution in [0.25, 0.3) is 0 Å². The van der Waals surface area contributed by atoms with Crippen molar-refractivity contribution < 1.29 is 56.8 Å². The summed E-state index contributed by atoms with van der Waals surface area (Å²) >= 11 is 0. The first-order valence-electron chi connectivity index (χ1n) is 12.7. The number of hydrogen-bond donors (Lipinski definition) is 1. The van der Waals surface area contributed by atoms with Gasteiger partial charge in [0.1, 0.15) is 17.8 Å². The first-order valence-corrected chi connectivity index (χ1v) is 12.7. The predicted molar refractivity (Wildman–Crippen MR) is 118 cm³/mol. The van der Waals surface area contributed by atoms with Crippen molar-refractivity contribution in [2.75, 3.05) is 0 Å². The molecule has 1 heterocycles. The Kier molecular flexibility index (Phi) is 7.24. The highest BCUT2D eigenvalue weighted by atomic mass is 19.3. The van der Waals surface area contributed by atoms with Crippen molar-refractivity contribution in [1.82, 2.24) is 0 Å². The highest BCUT2D eigenvalue weighted by Gasteiger charge is 2.70. The average Bonchev–Trinajstić information content (AvgIpc) is 3.53. The molecule has 7 atom stereocenters. The van der Waals surface area contributed by atoms with Gasteiger partial charge in [-0.2, -0.15) is 8.78 Å². The molecule has 4 fully saturated rings. The molecule has 7 unspecified atom stereocenters. The van der Waals surface area contributed by atoms with Crippen molar-refractivity contribution >= 4 is 29.8 Å². The zero-order chi connectivity index (χ0) is 27.3. The van der Waals surface area contributed by atoms with E-state index in [-0.39, 0.29) is 5.92 Å².